The molecule has 0 aliphatic heterocycles. The molecule has 0 unspecified atom stereocenters. The molecule has 0 aromatic rings. The van der Waals surface area contributed by atoms with Crippen LogP contribution >= 0.6 is 0 Å². The molecule has 3 nitrogen and oxygen atoms in total. The van der Waals surface area contributed by atoms with Gasteiger partial charge in [0.05, 0.1) is 6.61 Å². The van der Waals surface area contributed by atoms with Crippen LogP contribution in [0.1, 0.15) is 19.8 Å². The van der Waals surface area contributed by atoms with Crippen LogP contribution in [0.4, 0.5) is 0 Å². The van der Waals surface area contributed by atoms with E-state index in [1.165, 1.54) is 0 Å². The van der Waals surface area contributed by atoms with Crippen LogP contribution in [0.25, 0.3) is 0 Å². The molecule has 3 heteroatoms. The van der Waals surface area contributed by atoms with E-state index in [2.05, 4.69) is 4.84 Å². The lowest BCUT2D eigenvalue weighted by Crippen LogP contribution is -2.18. The average molecular weight is 116 g/mol. The first-order valence-electron chi connectivity index (χ1n) is 2.94. The highest BCUT2D eigenvalue weighted by atomic mass is 16.9. The second-order valence-electron chi connectivity index (χ2n) is 1.93. The normalized spacial score (nSPS) is 19.9. The Morgan fingerprint density at radius 3 is 2.75 bits per heavy atom. The highest BCUT2D eigenvalue weighted by Crippen LogP contribution is 2.25. The summed E-state index contributed by atoms with van der Waals surface area (Å²) in [5.41, 5.74) is 0. The van der Waals surface area contributed by atoms with Crippen LogP contribution in [-0.4, -0.2) is 17.9 Å². The van der Waals surface area contributed by atoms with Crippen molar-refractivity contribution >= 4 is 0 Å². The predicted molar refractivity (Wildman–Crippen MR) is 29.9 cm³/mol. The fraction of sp³-hybridized carbons (Fsp3) is 1.00. The molecule has 0 aromatic carbocycles. The summed E-state index contributed by atoms with van der Waals surface area (Å²) in [4.78, 5) is 4.64. The second-order valence-corrected chi connectivity index (χ2v) is 1.93. The molecular formula is C5H10NO2-. The van der Waals surface area contributed by atoms with Crippen molar-refractivity contribution in [3.05, 3.63) is 5.21 Å². The number of hydroxylamine groups is 2. The molecule has 0 saturated heterocycles. The molecule has 1 saturated carbocycles. The Hall–Kier alpha value is -0.120. The van der Waals surface area contributed by atoms with Crippen molar-refractivity contribution in [3.8, 4) is 0 Å². The van der Waals surface area contributed by atoms with Gasteiger partial charge >= 0.3 is 0 Å². The van der Waals surface area contributed by atoms with Crippen molar-refractivity contribution in [1.29, 1.82) is 0 Å². The van der Waals surface area contributed by atoms with Crippen LogP contribution < -0.4 is 0 Å². The summed E-state index contributed by atoms with van der Waals surface area (Å²) in [7, 11) is 0. The minimum absolute atomic E-state index is 0.176. The van der Waals surface area contributed by atoms with Crippen LogP contribution in [0.2, 0.25) is 0 Å². The average Bonchev–Trinajstić information content (AvgIpc) is 2.45. The lowest BCUT2D eigenvalue weighted by molar-refractivity contribution is -0.121. The Morgan fingerprint density at radius 1 is 1.75 bits per heavy atom. The lowest BCUT2D eigenvalue weighted by atomic mass is 10.8. The summed E-state index contributed by atoms with van der Waals surface area (Å²) >= 11 is 0. The monoisotopic (exact) mass is 116 g/mol. The van der Waals surface area contributed by atoms with Crippen molar-refractivity contribution in [2.45, 2.75) is 25.8 Å². The molecule has 1 aliphatic carbocycles. The smallest absolute Gasteiger partial charge is 0.0645 e. The predicted octanol–water partition coefficient (Wildman–Crippen LogP) is 0.900. The molecule has 0 aromatic heterocycles. The maximum absolute atomic E-state index is 10.5. The highest BCUT2D eigenvalue weighted by Gasteiger charge is 2.23. The number of nitrogens with zero attached hydrogens (tertiary/aromatic N) is 1. The van der Waals surface area contributed by atoms with Crippen LogP contribution in [-0.2, 0) is 4.84 Å². The van der Waals surface area contributed by atoms with Crippen molar-refractivity contribution in [3.63, 3.8) is 0 Å². The number of rotatable bonds is 3. The largest absolute Gasteiger partial charge is 0.762 e. The third-order valence-electron chi connectivity index (χ3n) is 1.10. The van der Waals surface area contributed by atoms with Crippen LogP contribution in [0.15, 0.2) is 0 Å². The molecule has 0 radical (unpaired) electrons. The fourth-order valence-corrected chi connectivity index (χ4v) is 0.518. The van der Waals surface area contributed by atoms with Gasteiger partial charge in [-0.3, -0.25) is 5.23 Å². The van der Waals surface area contributed by atoms with E-state index in [1.54, 1.807) is 0 Å². The SMILES string of the molecule is CCON([O-])C1CC1. The van der Waals surface area contributed by atoms with Gasteiger partial charge in [0.2, 0.25) is 0 Å². The summed E-state index contributed by atoms with van der Waals surface area (Å²) in [5, 5.41) is 11.2. The molecule has 48 valence electrons. The van der Waals surface area contributed by atoms with Crippen molar-refractivity contribution in [1.82, 2.24) is 5.23 Å². The van der Waals surface area contributed by atoms with E-state index < -0.39 is 0 Å². The topological polar surface area (TPSA) is 35.5 Å². The third kappa shape index (κ3) is 1.43. The van der Waals surface area contributed by atoms with Gasteiger partial charge in [-0.1, -0.05) is 0 Å². The minimum atomic E-state index is 0.176. The molecule has 8 heavy (non-hydrogen) atoms. The van der Waals surface area contributed by atoms with E-state index in [-0.39, 0.29) is 6.04 Å². The number of hydrogen-bond acceptors (Lipinski definition) is 3. The lowest BCUT2D eigenvalue weighted by Gasteiger charge is -2.25. The zero-order valence-corrected chi connectivity index (χ0v) is 4.96. The van der Waals surface area contributed by atoms with Gasteiger partial charge in [0.1, 0.15) is 0 Å². The maximum Gasteiger partial charge on any atom is 0.0645 e. The number of hydrogen-bond donors (Lipinski definition) is 0. The highest BCUT2D eigenvalue weighted by molar-refractivity contribution is 4.80. The molecule has 0 spiro atoms. The quantitative estimate of drug-likeness (QED) is 0.514. The maximum atomic E-state index is 10.5. The first-order chi connectivity index (χ1) is 3.84. The van der Waals surface area contributed by atoms with E-state index in [9.17, 15) is 5.21 Å². The van der Waals surface area contributed by atoms with Gasteiger partial charge in [0.25, 0.3) is 0 Å². The Labute approximate surface area is 48.8 Å². The van der Waals surface area contributed by atoms with Gasteiger partial charge < -0.3 is 10.0 Å². The first kappa shape index (κ1) is 6.01. The molecule has 0 bridgehead atoms. The summed E-state index contributed by atoms with van der Waals surface area (Å²) in [5.74, 6) is 0. The molecule has 0 N–H and O–H groups in total. The van der Waals surface area contributed by atoms with Gasteiger partial charge in [0, 0.05) is 6.04 Å². The molecule has 1 rings (SSSR count). The minimum Gasteiger partial charge on any atom is -0.762 e. The Kier molecular flexibility index (Phi) is 1.83. The zero-order valence-electron chi connectivity index (χ0n) is 4.96. The summed E-state index contributed by atoms with van der Waals surface area (Å²) in [6.45, 7) is 2.30. The summed E-state index contributed by atoms with van der Waals surface area (Å²) < 4.78 is 0. The van der Waals surface area contributed by atoms with Crippen LogP contribution in [0.3, 0.4) is 0 Å². The molecular weight excluding hydrogens is 106 g/mol. The summed E-state index contributed by atoms with van der Waals surface area (Å²) in [6, 6.07) is 0.176. The van der Waals surface area contributed by atoms with E-state index in [0.717, 1.165) is 12.8 Å². The van der Waals surface area contributed by atoms with E-state index in [4.69, 9.17) is 0 Å². The first-order valence-corrected chi connectivity index (χ1v) is 2.94. The van der Waals surface area contributed by atoms with Gasteiger partial charge in [-0.2, -0.15) is 0 Å². The molecule has 1 fully saturated rings. The third-order valence-corrected chi connectivity index (χ3v) is 1.10. The fourth-order valence-electron chi connectivity index (χ4n) is 0.518. The molecule has 1 aliphatic rings. The van der Waals surface area contributed by atoms with E-state index in [1.807, 2.05) is 6.92 Å². The van der Waals surface area contributed by atoms with Gasteiger partial charge in [-0.05, 0) is 19.8 Å². The van der Waals surface area contributed by atoms with Gasteiger partial charge in [0.15, 0.2) is 0 Å². The van der Waals surface area contributed by atoms with Gasteiger partial charge in [-0.15, -0.1) is 0 Å². The van der Waals surface area contributed by atoms with Crippen molar-refractivity contribution < 1.29 is 4.84 Å². The second kappa shape index (κ2) is 2.44. The zero-order chi connectivity index (χ0) is 5.98. The van der Waals surface area contributed by atoms with Crippen molar-refractivity contribution in [2.75, 3.05) is 6.61 Å². The Balaban J connectivity index is 2.03. The van der Waals surface area contributed by atoms with E-state index in [0.29, 0.717) is 11.8 Å². The Morgan fingerprint density at radius 2 is 2.38 bits per heavy atom. The molecule has 0 heterocycles. The van der Waals surface area contributed by atoms with Crippen LogP contribution in [0.5, 0.6) is 0 Å². The van der Waals surface area contributed by atoms with Gasteiger partial charge in [-0.25, -0.2) is 0 Å². The van der Waals surface area contributed by atoms with Crippen LogP contribution in [0, 0.1) is 5.21 Å². The molecule has 0 amide bonds. The molecule has 0 atom stereocenters. The van der Waals surface area contributed by atoms with Crippen molar-refractivity contribution in [2.24, 2.45) is 0 Å². The van der Waals surface area contributed by atoms with E-state index >= 15 is 0 Å². The Bertz CT molecular complexity index is 72.8. The summed E-state index contributed by atoms with van der Waals surface area (Å²) in [6.07, 6.45) is 2.01. The standard InChI is InChI=1S/C5H10NO2/c1-2-8-6(7)5-3-4-5/h5H,2-4H2,1H3/q-1.